The molecule has 0 fully saturated rings. The van der Waals surface area contributed by atoms with E-state index in [0.29, 0.717) is 0 Å². The first kappa shape index (κ1) is 16.0. The van der Waals surface area contributed by atoms with Gasteiger partial charge in [0.1, 0.15) is 5.69 Å². The summed E-state index contributed by atoms with van der Waals surface area (Å²) in [6, 6.07) is 6.14. The lowest BCUT2D eigenvalue weighted by Crippen LogP contribution is -2.23. The Morgan fingerprint density at radius 3 is 2.81 bits per heavy atom. The van der Waals surface area contributed by atoms with Gasteiger partial charge in [-0.05, 0) is 54.8 Å². The van der Waals surface area contributed by atoms with Crippen LogP contribution in [0.15, 0.2) is 49.6 Å². The molecule has 128 valence electrons. The van der Waals surface area contributed by atoms with E-state index < -0.39 is 0 Å². The number of aryl methyl sites for hydroxylation is 1. The van der Waals surface area contributed by atoms with Gasteiger partial charge in [-0.15, -0.1) is 0 Å². The van der Waals surface area contributed by atoms with E-state index in [1.807, 2.05) is 50.7 Å². The number of hydrogen-bond acceptors (Lipinski definition) is 3. The molecule has 4 aromatic heterocycles. The standard InChI is InChI=1S/C21H19N5/c1-4-18-17(8-14(3)16-7-13(2)10-23-11-16)21(26-25-18)19-9-15-5-6-22-12-20(15)24-19/h4-12,24-25H,3H2,1-2H3/b17-8+,18-4+. The minimum Gasteiger partial charge on any atom is -0.352 e. The Hall–Kier alpha value is -3.47. The molecule has 0 aliphatic carbocycles. The third-order valence-corrected chi connectivity index (χ3v) is 4.37. The Bertz CT molecular complexity index is 1190. The second kappa shape index (κ2) is 6.44. The largest absolute Gasteiger partial charge is 0.352 e. The average molecular weight is 341 g/mol. The quantitative estimate of drug-likeness (QED) is 0.602. The molecule has 5 nitrogen and oxygen atoms in total. The Morgan fingerprint density at radius 2 is 2.04 bits per heavy atom. The Kier molecular flexibility index (Phi) is 3.97. The van der Waals surface area contributed by atoms with Gasteiger partial charge in [0, 0.05) is 29.2 Å². The Labute approximate surface area is 150 Å². The van der Waals surface area contributed by atoms with Crippen molar-refractivity contribution in [2.75, 3.05) is 0 Å². The summed E-state index contributed by atoms with van der Waals surface area (Å²) in [6.45, 7) is 8.23. The molecular formula is C21H19N5. The topological polar surface area (TPSA) is 70.2 Å². The fourth-order valence-electron chi connectivity index (χ4n) is 3.02. The van der Waals surface area contributed by atoms with Gasteiger partial charge in [-0.2, -0.15) is 5.10 Å². The summed E-state index contributed by atoms with van der Waals surface area (Å²) in [7, 11) is 0. The molecule has 0 aliphatic rings. The zero-order valence-electron chi connectivity index (χ0n) is 14.7. The summed E-state index contributed by atoms with van der Waals surface area (Å²) >= 11 is 0. The van der Waals surface area contributed by atoms with Crippen LogP contribution in [0.5, 0.6) is 0 Å². The number of nitrogens with one attached hydrogen (secondary N) is 2. The van der Waals surface area contributed by atoms with Crippen molar-refractivity contribution in [3.05, 3.63) is 71.3 Å². The van der Waals surface area contributed by atoms with Crippen molar-refractivity contribution in [1.82, 2.24) is 25.1 Å². The third kappa shape index (κ3) is 2.84. The van der Waals surface area contributed by atoms with Crippen LogP contribution in [0.25, 0.3) is 40.0 Å². The number of rotatable bonds is 3. The first-order chi connectivity index (χ1) is 12.7. The maximum absolute atomic E-state index is 4.52. The molecule has 2 N–H and O–H groups in total. The number of hydrogen-bond donors (Lipinski definition) is 2. The SMILES string of the molecule is C=C(/C=c1/c(-c2cc3ccncc3[nH]2)n[nH]/c1=C/C)c1cncc(C)c1. The van der Waals surface area contributed by atoms with Gasteiger partial charge in [0.2, 0.25) is 0 Å². The Morgan fingerprint density at radius 1 is 1.15 bits per heavy atom. The van der Waals surface area contributed by atoms with E-state index in [1.165, 1.54) is 0 Å². The summed E-state index contributed by atoms with van der Waals surface area (Å²) in [5, 5.41) is 10.7. The Balaban J connectivity index is 1.88. The molecule has 0 spiro atoms. The summed E-state index contributed by atoms with van der Waals surface area (Å²) < 4.78 is 0. The van der Waals surface area contributed by atoms with E-state index in [4.69, 9.17) is 0 Å². The van der Waals surface area contributed by atoms with E-state index >= 15 is 0 Å². The van der Waals surface area contributed by atoms with Crippen LogP contribution in [0.3, 0.4) is 0 Å². The zero-order valence-corrected chi connectivity index (χ0v) is 14.7. The van der Waals surface area contributed by atoms with Crippen molar-refractivity contribution in [2.24, 2.45) is 0 Å². The summed E-state index contributed by atoms with van der Waals surface area (Å²) in [5.41, 5.74) is 5.79. The molecule has 0 amide bonds. The van der Waals surface area contributed by atoms with Gasteiger partial charge in [-0.3, -0.25) is 15.1 Å². The van der Waals surface area contributed by atoms with Gasteiger partial charge < -0.3 is 4.98 Å². The van der Waals surface area contributed by atoms with Crippen LogP contribution in [0, 0.1) is 6.92 Å². The highest BCUT2D eigenvalue weighted by Crippen LogP contribution is 2.20. The molecule has 0 bridgehead atoms. The number of allylic oxidation sites excluding steroid dienone is 1. The molecule has 5 heteroatoms. The van der Waals surface area contributed by atoms with E-state index in [2.05, 4.69) is 43.9 Å². The van der Waals surface area contributed by atoms with E-state index in [1.54, 1.807) is 6.20 Å². The molecule has 4 heterocycles. The fraction of sp³-hybridized carbons (Fsp3) is 0.0952. The normalized spacial score (nSPS) is 12.8. The van der Waals surface area contributed by atoms with Crippen molar-refractivity contribution in [2.45, 2.75) is 13.8 Å². The maximum Gasteiger partial charge on any atom is 0.116 e. The van der Waals surface area contributed by atoms with Crippen LogP contribution in [0.2, 0.25) is 0 Å². The molecule has 4 rings (SSSR count). The van der Waals surface area contributed by atoms with Gasteiger partial charge in [0.15, 0.2) is 0 Å². The molecular weight excluding hydrogens is 322 g/mol. The molecule has 0 saturated carbocycles. The molecule has 0 atom stereocenters. The molecule has 0 unspecified atom stereocenters. The molecule has 26 heavy (non-hydrogen) atoms. The predicted molar refractivity (Wildman–Crippen MR) is 106 cm³/mol. The second-order valence-electron chi connectivity index (χ2n) is 6.25. The predicted octanol–water partition coefficient (Wildman–Crippen LogP) is 2.95. The number of nitrogens with zero attached hydrogens (tertiary/aromatic N) is 3. The highest BCUT2D eigenvalue weighted by Gasteiger charge is 2.09. The lowest BCUT2D eigenvalue weighted by Gasteiger charge is -2.01. The van der Waals surface area contributed by atoms with Crippen LogP contribution in [0.4, 0.5) is 0 Å². The molecule has 4 aromatic rings. The lowest BCUT2D eigenvalue weighted by atomic mass is 10.1. The summed E-state index contributed by atoms with van der Waals surface area (Å²) in [4.78, 5) is 11.8. The van der Waals surface area contributed by atoms with Crippen LogP contribution in [-0.4, -0.2) is 25.1 Å². The number of aromatic amines is 2. The maximum atomic E-state index is 4.52. The van der Waals surface area contributed by atoms with Crippen LogP contribution < -0.4 is 10.6 Å². The van der Waals surface area contributed by atoms with Crippen molar-refractivity contribution in [1.29, 1.82) is 0 Å². The van der Waals surface area contributed by atoms with Crippen molar-refractivity contribution in [3.8, 4) is 11.4 Å². The number of aromatic nitrogens is 5. The first-order valence-corrected chi connectivity index (χ1v) is 8.42. The summed E-state index contributed by atoms with van der Waals surface area (Å²) in [6.07, 6.45) is 11.3. The second-order valence-corrected chi connectivity index (χ2v) is 6.25. The van der Waals surface area contributed by atoms with Crippen molar-refractivity contribution < 1.29 is 0 Å². The minimum absolute atomic E-state index is 0.857. The highest BCUT2D eigenvalue weighted by atomic mass is 15.1. The molecule has 0 saturated heterocycles. The third-order valence-electron chi connectivity index (χ3n) is 4.37. The molecule has 0 aliphatic heterocycles. The van der Waals surface area contributed by atoms with Gasteiger partial charge in [0.25, 0.3) is 0 Å². The van der Waals surface area contributed by atoms with Crippen molar-refractivity contribution >= 4 is 28.6 Å². The van der Waals surface area contributed by atoms with Gasteiger partial charge in [-0.1, -0.05) is 12.7 Å². The highest BCUT2D eigenvalue weighted by molar-refractivity contribution is 5.89. The molecule has 0 aromatic carbocycles. The summed E-state index contributed by atoms with van der Waals surface area (Å²) in [5.74, 6) is 0. The van der Waals surface area contributed by atoms with Crippen molar-refractivity contribution in [3.63, 3.8) is 0 Å². The smallest absolute Gasteiger partial charge is 0.116 e. The lowest BCUT2D eigenvalue weighted by molar-refractivity contribution is 1.06. The monoisotopic (exact) mass is 341 g/mol. The van der Waals surface area contributed by atoms with Gasteiger partial charge in [0.05, 0.1) is 22.8 Å². The van der Waals surface area contributed by atoms with E-state index in [-0.39, 0.29) is 0 Å². The molecule has 0 radical (unpaired) electrons. The van der Waals surface area contributed by atoms with Crippen LogP contribution in [0.1, 0.15) is 18.1 Å². The fourth-order valence-corrected chi connectivity index (χ4v) is 3.02. The number of fused-ring (bicyclic) bond motifs is 1. The number of H-pyrrole nitrogens is 2. The van der Waals surface area contributed by atoms with Crippen LogP contribution in [-0.2, 0) is 0 Å². The van der Waals surface area contributed by atoms with Gasteiger partial charge >= 0.3 is 0 Å². The first-order valence-electron chi connectivity index (χ1n) is 8.42. The van der Waals surface area contributed by atoms with E-state index in [0.717, 1.165) is 49.6 Å². The van der Waals surface area contributed by atoms with E-state index in [9.17, 15) is 0 Å². The van der Waals surface area contributed by atoms with Crippen LogP contribution >= 0.6 is 0 Å². The minimum atomic E-state index is 0.857. The van der Waals surface area contributed by atoms with Gasteiger partial charge in [-0.25, -0.2) is 0 Å². The number of pyridine rings is 2. The average Bonchev–Trinajstić information content (AvgIpc) is 3.24. The zero-order chi connectivity index (χ0) is 18.1.